The Kier molecular flexibility index (Phi) is 3.16. The molecule has 2 aromatic rings. The second-order valence-electron chi connectivity index (χ2n) is 3.56. The Labute approximate surface area is 105 Å². The van der Waals surface area contributed by atoms with E-state index in [9.17, 15) is 18.3 Å². The van der Waals surface area contributed by atoms with E-state index in [1.807, 2.05) is 0 Å². The molecule has 1 heterocycles. The molecule has 19 heavy (non-hydrogen) atoms. The van der Waals surface area contributed by atoms with E-state index in [1.54, 1.807) is 0 Å². The molecule has 0 fully saturated rings. The van der Waals surface area contributed by atoms with E-state index < -0.39 is 12.1 Å². The van der Waals surface area contributed by atoms with Crippen LogP contribution in [0.1, 0.15) is 0 Å². The van der Waals surface area contributed by atoms with Crippen LogP contribution in [0.2, 0.25) is 0 Å². The van der Waals surface area contributed by atoms with Crippen molar-refractivity contribution in [2.75, 3.05) is 5.73 Å². The number of ether oxygens (including phenoxy) is 1. The number of halogens is 3. The molecule has 5 nitrogen and oxygen atoms in total. The van der Waals surface area contributed by atoms with Gasteiger partial charge in [-0.25, -0.2) is 9.97 Å². The smallest absolute Gasteiger partial charge is 0.507 e. The highest BCUT2D eigenvalue weighted by Gasteiger charge is 2.31. The summed E-state index contributed by atoms with van der Waals surface area (Å²) >= 11 is 0. The zero-order valence-corrected chi connectivity index (χ0v) is 9.35. The number of anilines is 1. The summed E-state index contributed by atoms with van der Waals surface area (Å²) in [5, 5.41) is 9.63. The second-order valence-corrected chi connectivity index (χ2v) is 3.56. The third-order valence-corrected chi connectivity index (χ3v) is 2.18. The summed E-state index contributed by atoms with van der Waals surface area (Å²) in [5.41, 5.74) is 5.73. The van der Waals surface area contributed by atoms with E-state index in [0.717, 1.165) is 18.2 Å². The maximum absolute atomic E-state index is 12.1. The van der Waals surface area contributed by atoms with Crippen LogP contribution < -0.4 is 10.5 Å². The number of rotatable bonds is 2. The third-order valence-electron chi connectivity index (χ3n) is 2.18. The fourth-order valence-electron chi connectivity index (χ4n) is 1.42. The van der Waals surface area contributed by atoms with E-state index in [0.29, 0.717) is 5.56 Å². The maximum Gasteiger partial charge on any atom is 0.573 e. The zero-order chi connectivity index (χ0) is 14.0. The lowest BCUT2D eigenvalue weighted by molar-refractivity contribution is -0.274. The summed E-state index contributed by atoms with van der Waals surface area (Å²) in [4.78, 5) is 7.39. The van der Waals surface area contributed by atoms with Crippen LogP contribution in [0.3, 0.4) is 0 Å². The number of benzene rings is 1. The van der Waals surface area contributed by atoms with E-state index in [4.69, 9.17) is 5.73 Å². The molecule has 8 heteroatoms. The number of phenolic OH excluding ortho intramolecular Hbond substituents is 1. The number of aromatic nitrogens is 2. The summed E-state index contributed by atoms with van der Waals surface area (Å²) in [6.07, 6.45) is -2.23. The van der Waals surface area contributed by atoms with Crippen LogP contribution >= 0.6 is 0 Å². The molecule has 0 saturated carbocycles. The minimum atomic E-state index is -4.80. The number of phenols is 1. The molecule has 2 rings (SSSR count). The number of hydrogen-bond acceptors (Lipinski definition) is 5. The number of aromatic hydroxyl groups is 1. The summed E-state index contributed by atoms with van der Waals surface area (Å²) in [7, 11) is 0. The minimum Gasteiger partial charge on any atom is -0.507 e. The summed E-state index contributed by atoms with van der Waals surface area (Å²) in [6.45, 7) is 0. The number of nitrogens with two attached hydrogens (primary N) is 1. The highest BCUT2D eigenvalue weighted by atomic mass is 19.4. The Balaban J connectivity index is 2.39. The zero-order valence-electron chi connectivity index (χ0n) is 9.35. The van der Waals surface area contributed by atoms with E-state index >= 15 is 0 Å². The predicted octanol–water partition coefficient (Wildman–Crippen LogP) is 2.33. The molecule has 0 amide bonds. The Bertz CT molecular complexity index is 585. The first-order valence-electron chi connectivity index (χ1n) is 5.02. The second kappa shape index (κ2) is 4.63. The van der Waals surface area contributed by atoms with Crippen LogP contribution in [-0.2, 0) is 0 Å². The van der Waals surface area contributed by atoms with Crippen LogP contribution in [0.5, 0.6) is 11.5 Å². The highest BCUT2D eigenvalue weighted by molar-refractivity contribution is 5.70. The first kappa shape index (κ1) is 12.9. The van der Waals surface area contributed by atoms with Gasteiger partial charge in [0.15, 0.2) is 0 Å². The number of nitrogen functional groups attached to an aromatic ring is 1. The van der Waals surface area contributed by atoms with Crippen molar-refractivity contribution in [1.82, 2.24) is 9.97 Å². The largest absolute Gasteiger partial charge is 0.573 e. The maximum atomic E-state index is 12.1. The van der Waals surface area contributed by atoms with Gasteiger partial charge >= 0.3 is 6.36 Å². The Morgan fingerprint density at radius 1 is 1.16 bits per heavy atom. The molecule has 0 unspecified atom stereocenters. The van der Waals surface area contributed by atoms with Crippen LogP contribution in [-0.4, -0.2) is 21.4 Å². The van der Waals surface area contributed by atoms with Gasteiger partial charge in [0, 0.05) is 23.5 Å². The number of nitrogens with zero attached hydrogens (tertiary/aromatic N) is 2. The fraction of sp³-hybridized carbons (Fsp3) is 0.0909. The van der Waals surface area contributed by atoms with Crippen LogP contribution in [0, 0.1) is 0 Å². The van der Waals surface area contributed by atoms with Gasteiger partial charge in [-0.3, -0.25) is 0 Å². The quantitative estimate of drug-likeness (QED) is 0.876. The first-order valence-corrected chi connectivity index (χ1v) is 5.02. The molecule has 0 aliphatic rings. The molecule has 0 aliphatic heterocycles. The highest BCUT2D eigenvalue weighted by Crippen LogP contribution is 2.33. The molecular formula is C11H8F3N3O2. The van der Waals surface area contributed by atoms with Crippen molar-refractivity contribution in [2.24, 2.45) is 0 Å². The average molecular weight is 271 g/mol. The van der Waals surface area contributed by atoms with Crippen molar-refractivity contribution >= 4 is 5.95 Å². The van der Waals surface area contributed by atoms with Crippen molar-refractivity contribution in [3.8, 4) is 22.6 Å². The molecule has 0 radical (unpaired) electrons. The lowest BCUT2D eigenvalue weighted by atomic mass is 10.1. The van der Waals surface area contributed by atoms with Gasteiger partial charge in [0.05, 0.1) is 0 Å². The fourth-order valence-corrected chi connectivity index (χ4v) is 1.42. The normalized spacial score (nSPS) is 11.3. The predicted molar refractivity (Wildman–Crippen MR) is 60.2 cm³/mol. The van der Waals surface area contributed by atoms with E-state index in [-0.39, 0.29) is 17.3 Å². The van der Waals surface area contributed by atoms with Crippen molar-refractivity contribution in [3.05, 3.63) is 30.6 Å². The van der Waals surface area contributed by atoms with Gasteiger partial charge in [-0.1, -0.05) is 0 Å². The average Bonchev–Trinajstić information content (AvgIpc) is 2.31. The van der Waals surface area contributed by atoms with E-state index in [1.165, 1.54) is 12.4 Å². The summed E-state index contributed by atoms with van der Waals surface area (Å²) < 4.78 is 40.1. The van der Waals surface area contributed by atoms with Crippen molar-refractivity contribution in [3.63, 3.8) is 0 Å². The molecule has 0 saturated heterocycles. The van der Waals surface area contributed by atoms with Gasteiger partial charge in [-0.15, -0.1) is 13.2 Å². The topological polar surface area (TPSA) is 81.3 Å². The van der Waals surface area contributed by atoms with Crippen LogP contribution in [0.4, 0.5) is 19.1 Å². The van der Waals surface area contributed by atoms with Crippen LogP contribution in [0.15, 0.2) is 30.6 Å². The molecular weight excluding hydrogens is 263 g/mol. The molecule has 1 aromatic heterocycles. The molecule has 0 atom stereocenters. The Morgan fingerprint density at radius 2 is 1.79 bits per heavy atom. The number of hydrogen-bond donors (Lipinski definition) is 2. The Hall–Kier alpha value is -2.51. The van der Waals surface area contributed by atoms with Gasteiger partial charge in [0.25, 0.3) is 0 Å². The molecule has 0 spiro atoms. The molecule has 3 N–H and O–H groups in total. The van der Waals surface area contributed by atoms with Gasteiger partial charge < -0.3 is 15.6 Å². The molecule has 100 valence electrons. The monoisotopic (exact) mass is 271 g/mol. The molecule has 0 bridgehead atoms. The van der Waals surface area contributed by atoms with Gasteiger partial charge in [-0.05, 0) is 18.2 Å². The van der Waals surface area contributed by atoms with Crippen molar-refractivity contribution in [2.45, 2.75) is 6.36 Å². The number of alkyl halides is 3. The molecule has 1 aromatic carbocycles. The lowest BCUT2D eigenvalue weighted by Gasteiger charge is -2.11. The van der Waals surface area contributed by atoms with Crippen molar-refractivity contribution < 1.29 is 23.0 Å². The summed E-state index contributed by atoms with van der Waals surface area (Å²) in [5.74, 6) is -0.647. The minimum absolute atomic E-state index is 0.0194. The third kappa shape index (κ3) is 3.24. The molecule has 0 aliphatic carbocycles. The Morgan fingerprint density at radius 3 is 2.37 bits per heavy atom. The van der Waals surface area contributed by atoms with Crippen molar-refractivity contribution in [1.29, 1.82) is 0 Å². The van der Waals surface area contributed by atoms with Gasteiger partial charge in [-0.2, -0.15) is 0 Å². The van der Waals surface area contributed by atoms with Crippen LogP contribution in [0.25, 0.3) is 11.1 Å². The van der Waals surface area contributed by atoms with Gasteiger partial charge in [0.1, 0.15) is 11.5 Å². The van der Waals surface area contributed by atoms with E-state index in [2.05, 4.69) is 14.7 Å². The SMILES string of the molecule is Nc1ncc(-c2cc(OC(F)(F)F)ccc2O)cn1. The lowest BCUT2D eigenvalue weighted by Crippen LogP contribution is -2.17. The summed E-state index contributed by atoms with van der Waals surface area (Å²) in [6, 6.07) is 3.13. The van der Waals surface area contributed by atoms with Gasteiger partial charge in [0.2, 0.25) is 5.95 Å². The standard InChI is InChI=1S/C11H8F3N3O2/c12-11(13,14)19-7-1-2-9(18)8(3-7)6-4-16-10(15)17-5-6/h1-5,18H,(H2,15,16,17). The first-order chi connectivity index (χ1) is 8.85.